The van der Waals surface area contributed by atoms with Crippen molar-refractivity contribution in [1.82, 2.24) is 0 Å². The lowest BCUT2D eigenvalue weighted by Crippen LogP contribution is -2.32. The van der Waals surface area contributed by atoms with Crippen molar-refractivity contribution >= 4 is 17.4 Å². The Hall–Kier alpha value is -1.64. The Balaban J connectivity index is 2.46. The van der Waals surface area contributed by atoms with E-state index in [2.05, 4.69) is 0 Å². The molecule has 0 saturated heterocycles. The third-order valence-corrected chi connectivity index (χ3v) is 2.67. The summed E-state index contributed by atoms with van der Waals surface area (Å²) >= 11 is 0. The molecule has 3 heteroatoms. The second-order valence-corrected chi connectivity index (χ2v) is 4.66. The largest absolute Gasteiger partial charge is 0.305 e. The topological polar surface area (TPSA) is 37.4 Å². The van der Waals surface area contributed by atoms with Crippen molar-refractivity contribution in [3.8, 4) is 0 Å². The van der Waals surface area contributed by atoms with Crippen LogP contribution in [0.25, 0.3) is 0 Å². The molecule has 1 amide bonds. The minimum atomic E-state index is -0.394. The number of benzene rings is 1. The molecule has 0 aromatic heterocycles. The zero-order chi connectivity index (χ0) is 11.9. The number of anilines is 1. The fourth-order valence-corrected chi connectivity index (χ4v) is 1.96. The van der Waals surface area contributed by atoms with Crippen LogP contribution >= 0.6 is 0 Å². The van der Waals surface area contributed by atoms with E-state index in [1.807, 2.05) is 32.9 Å². The number of carbonyl (C=O) groups excluding carboxylic acids is 2. The SMILES string of the molecule is Cc1ccc2c(c1)C(=O)C(=O)N2CC(C)C. The zero-order valence-corrected chi connectivity index (χ0v) is 9.78. The lowest BCUT2D eigenvalue weighted by atomic mass is 10.1. The third-order valence-electron chi connectivity index (χ3n) is 2.67. The highest BCUT2D eigenvalue weighted by Crippen LogP contribution is 2.30. The number of carbonyl (C=O) groups is 2. The molecule has 0 unspecified atom stereocenters. The van der Waals surface area contributed by atoms with Crippen molar-refractivity contribution < 1.29 is 9.59 Å². The fourth-order valence-electron chi connectivity index (χ4n) is 1.96. The van der Waals surface area contributed by atoms with Crippen LogP contribution in [-0.2, 0) is 4.79 Å². The van der Waals surface area contributed by atoms with E-state index in [9.17, 15) is 9.59 Å². The monoisotopic (exact) mass is 217 g/mol. The summed E-state index contributed by atoms with van der Waals surface area (Å²) < 4.78 is 0. The van der Waals surface area contributed by atoms with E-state index < -0.39 is 5.91 Å². The van der Waals surface area contributed by atoms with Crippen molar-refractivity contribution in [2.75, 3.05) is 11.4 Å². The van der Waals surface area contributed by atoms with E-state index in [4.69, 9.17) is 0 Å². The van der Waals surface area contributed by atoms with Gasteiger partial charge in [0, 0.05) is 6.54 Å². The summed E-state index contributed by atoms with van der Waals surface area (Å²) in [6, 6.07) is 5.57. The standard InChI is InChI=1S/C13H15NO2/c1-8(2)7-14-11-5-4-9(3)6-10(11)12(15)13(14)16/h4-6,8H,7H2,1-3H3. The molecule has 3 nitrogen and oxygen atoms in total. The minimum Gasteiger partial charge on any atom is -0.305 e. The van der Waals surface area contributed by atoms with Crippen molar-refractivity contribution in [3.63, 3.8) is 0 Å². The molecule has 1 heterocycles. The Morgan fingerprint density at radius 3 is 2.56 bits per heavy atom. The lowest BCUT2D eigenvalue weighted by Gasteiger charge is -2.18. The summed E-state index contributed by atoms with van der Waals surface area (Å²) in [6.07, 6.45) is 0. The Bertz CT molecular complexity index is 463. The van der Waals surface area contributed by atoms with Gasteiger partial charge in [-0.3, -0.25) is 9.59 Å². The molecule has 0 N–H and O–H groups in total. The second-order valence-electron chi connectivity index (χ2n) is 4.66. The first kappa shape index (κ1) is 10.9. The van der Waals surface area contributed by atoms with Gasteiger partial charge in [-0.1, -0.05) is 25.5 Å². The molecule has 0 saturated carbocycles. The first-order valence-electron chi connectivity index (χ1n) is 5.47. The van der Waals surface area contributed by atoms with Crippen LogP contribution < -0.4 is 4.90 Å². The van der Waals surface area contributed by atoms with Gasteiger partial charge in [-0.25, -0.2) is 0 Å². The molecular formula is C13H15NO2. The lowest BCUT2D eigenvalue weighted by molar-refractivity contribution is -0.114. The average molecular weight is 217 g/mol. The molecule has 1 aliphatic heterocycles. The number of rotatable bonds is 2. The van der Waals surface area contributed by atoms with Crippen molar-refractivity contribution in [2.45, 2.75) is 20.8 Å². The Labute approximate surface area is 95.1 Å². The van der Waals surface area contributed by atoms with Gasteiger partial charge in [0.15, 0.2) is 0 Å². The number of ketones is 1. The summed E-state index contributed by atoms with van der Waals surface area (Å²) in [7, 11) is 0. The van der Waals surface area contributed by atoms with Gasteiger partial charge in [0.1, 0.15) is 0 Å². The van der Waals surface area contributed by atoms with Gasteiger partial charge in [0.25, 0.3) is 11.7 Å². The van der Waals surface area contributed by atoms with E-state index in [1.54, 1.807) is 11.0 Å². The van der Waals surface area contributed by atoms with Crippen LogP contribution in [0.15, 0.2) is 18.2 Å². The smallest absolute Gasteiger partial charge is 0.299 e. The summed E-state index contributed by atoms with van der Waals surface area (Å²) in [4.78, 5) is 25.1. The predicted molar refractivity (Wildman–Crippen MR) is 62.7 cm³/mol. The summed E-state index contributed by atoms with van der Waals surface area (Å²) in [5, 5.41) is 0. The van der Waals surface area contributed by atoms with E-state index in [0.717, 1.165) is 11.3 Å². The van der Waals surface area contributed by atoms with Crippen LogP contribution in [0.4, 0.5) is 5.69 Å². The number of fused-ring (bicyclic) bond motifs is 1. The van der Waals surface area contributed by atoms with E-state index in [0.29, 0.717) is 18.0 Å². The Morgan fingerprint density at radius 2 is 1.94 bits per heavy atom. The van der Waals surface area contributed by atoms with E-state index in [-0.39, 0.29) is 5.78 Å². The van der Waals surface area contributed by atoms with Crippen LogP contribution in [0.5, 0.6) is 0 Å². The molecule has 1 aromatic rings. The molecule has 16 heavy (non-hydrogen) atoms. The van der Waals surface area contributed by atoms with Crippen LogP contribution in [0, 0.1) is 12.8 Å². The van der Waals surface area contributed by atoms with Crippen LogP contribution in [0.2, 0.25) is 0 Å². The maximum atomic E-state index is 11.8. The van der Waals surface area contributed by atoms with Crippen molar-refractivity contribution in [3.05, 3.63) is 29.3 Å². The Kier molecular flexibility index (Phi) is 2.54. The van der Waals surface area contributed by atoms with Crippen LogP contribution in [0.1, 0.15) is 29.8 Å². The number of hydrogen-bond acceptors (Lipinski definition) is 2. The fraction of sp³-hybridized carbons (Fsp3) is 0.385. The molecule has 0 aliphatic carbocycles. The summed E-state index contributed by atoms with van der Waals surface area (Å²) in [5.74, 6) is -0.419. The predicted octanol–water partition coefficient (Wildman–Crippen LogP) is 2.18. The number of amides is 1. The quantitative estimate of drug-likeness (QED) is 0.712. The zero-order valence-electron chi connectivity index (χ0n) is 9.78. The highest BCUT2D eigenvalue weighted by Gasteiger charge is 2.35. The maximum Gasteiger partial charge on any atom is 0.299 e. The second kappa shape index (κ2) is 3.74. The summed E-state index contributed by atoms with van der Waals surface area (Å²) in [6.45, 7) is 6.58. The molecule has 0 atom stereocenters. The molecule has 0 bridgehead atoms. The molecule has 0 radical (unpaired) electrons. The normalized spacial score (nSPS) is 14.9. The van der Waals surface area contributed by atoms with E-state index >= 15 is 0 Å². The molecule has 1 aliphatic rings. The Morgan fingerprint density at radius 1 is 1.25 bits per heavy atom. The first-order valence-corrected chi connectivity index (χ1v) is 5.47. The van der Waals surface area contributed by atoms with E-state index in [1.165, 1.54) is 0 Å². The molecule has 1 aromatic carbocycles. The van der Waals surface area contributed by atoms with Crippen LogP contribution in [-0.4, -0.2) is 18.2 Å². The minimum absolute atomic E-state index is 0.351. The number of hydrogen-bond donors (Lipinski definition) is 0. The molecule has 84 valence electrons. The van der Waals surface area contributed by atoms with Gasteiger partial charge in [0.2, 0.25) is 0 Å². The highest BCUT2D eigenvalue weighted by atomic mass is 16.2. The van der Waals surface area contributed by atoms with Gasteiger partial charge in [-0.05, 0) is 25.0 Å². The van der Waals surface area contributed by atoms with Gasteiger partial charge in [-0.15, -0.1) is 0 Å². The average Bonchev–Trinajstić information content (AvgIpc) is 2.43. The van der Waals surface area contributed by atoms with Crippen molar-refractivity contribution in [1.29, 1.82) is 0 Å². The van der Waals surface area contributed by atoms with Gasteiger partial charge in [-0.2, -0.15) is 0 Å². The molecule has 0 fully saturated rings. The number of Topliss-reactive ketones (excluding diaryl/α,β-unsaturated/α-hetero) is 1. The van der Waals surface area contributed by atoms with Crippen molar-refractivity contribution in [2.24, 2.45) is 5.92 Å². The third kappa shape index (κ3) is 1.62. The molecule has 0 spiro atoms. The van der Waals surface area contributed by atoms with Crippen LogP contribution in [0.3, 0.4) is 0 Å². The first-order chi connectivity index (χ1) is 7.50. The number of aryl methyl sites for hydroxylation is 1. The molecule has 2 rings (SSSR count). The highest BCUT2D eigenvalue weighted by molar-refractivity contribution is 6.52. The van der Waals surface area contributed by atoms with Gasteiger partial charge in [0.05, 0.1) is 11.3 Å². The maximum absolute atomic E-state index is 11.8. The molecular weight excluding hydrogens is 202 g/mol. The van der Waals surface area contributed by atoms with Gasteiger partial charge >= 0.3 is 0 Å². The van der Waals surface area contributed by atoms with Gasteiger partial charge < -0.3 is 4.90 Å². The number of nitrogens with zero attached hydrogens (tertiary/aromatic N) is 1. The summed E-state index contributed by atoms with van der Waals surface area (Å²) in [5.41, 5.74) is 2.31.